The quantitative estimate of drug-likeness (QED) is 0.791. The summed E-state index contributed by atoms with van der Waals surface area (Å²) >= 11 is 0. The number of hydrogen-bond donors (Lipinski definition) is 1. The molecule has 0 bridgehead atoms. The Morgan fingerprint density at radius 3 is 2.40 bits per heavy atom. The molecule has 2 fully saturated rings. The molecule has 0 unspecified atom stereocenters. The van der Waals surface area contributed by atoms with Crippen LogP contribution in [0.25, 0.3) is 0 Å². The van der Waals surface area contributed by atoms with E-state index in [0.717, 1.165) is 12.1 Å². The first-order valence-corrected chi connectivity index (χ1v) is 8.66. The molecule has 8 heteroatoms. The Morgan fingerprint density at radius 1 is 1.20 bits per heavy atom. The number of carbonyl (C=O) groups is 2. The largest absolute Gasteiger partial charge is 0.481 e. The lowest BCUT2D eigenvalue weighted by Crippen LogP contribution is -2.59. The summed E-state index contributed by atoms with van der Waals surface area (Å²) in [5, 5.41) is 2.65. The van der Waals surface area contributed by atoms with E-state index in [-0.39, 0.29) is 11.8 Å². The zero-order valence-corrected chi connectivity index (χ0v) is 15.0. The summed E-state index contributed by atoms with van der Waals surface area (Å²) in [6.45, 7) is 4.32. The van der Waals surface area contributed by atoms with Crippen LogP contribution in [0.15, 0.2) is 6.07 Å². The van der Waals surface area contributed by atoms with Crippen LogP contribution in [-0.4, -0.2) is 67.0 Å². The van der Waals surface area contributed by atoms with E-state index in [0.29, 0.717) is 50.8 Å². The second kappa shape index (κ2) is 6.85. The van der Waals surface area contributed by atoms with Crippen molar-refractivity contribution in [3.05, 3.63) is 11.8 Å². The average Bonchev–Trinajstić information content (AvgIpc) is 2.60. The third kappa shape index (κ3) is 3.12. The molecule has 136 valence electrons. The van der Waals surface area contributed by atoms with Crippen molar-refractivity contribution in [3.8, 4) is 5.88 Å². The van der Waals surface area contributed by atoms with Gasteiger partial charge in [0.25, 0.3) is 0 Å². The average molecular weight is 347 g/mol. The maximum atomic E-state index is 12.9. The van der Waals surface area contributed by atoms with Crippen molar-refractivity contribution in [1.82, 2.24) is 20.2 Å². The molecule has 3 rings (SSSR count). The highest BCUT2D eigenvalue weighted by molar-refractivity contribution is 6.05. The maximum absolute atomic E-state index is 12.9. The smallest absolute Gasteiger partial charge is 0.238 e. The summed E-state index contributed by atoms with van der Waals surface area (Å²) in [4.78, 5) is 37.8. The zero-order valence-electron chi connectivity index (χ0n) is 15.0. The van der Waals surface area contributed by atoms with Crippen LogP contribution in [0.5, 0.6) is 5.88 Å². The number of nitrogens with one attached hydrogen (secondary N) is 1. The van der Waals surface area contributed by atoms with Gasteiger partial charge in [-0.25, -0.2) is 4.98 Å². The molecule has 1 aliphatic heterocycles. The molecule has 0 radical (unpaired) electrons. The Morgan fingerprint density at radius 2 is 1.88 bits per heavy atom. The summed E-state index contributed by atoms with van der Waals surface area (Å²) in [7, 11) is 3.18. The van der Waals surface area contributed by atoms with E-state index in [1.165, 1.54) is 0 Å². The number of amides is 2. The van der Waals surface area contributed by atoms with E-state index in [4.69, 9.17) is 4.74 Å². The molecule has 1 aromatic heterocycles. The van der Waals surface area contributed by atoms with E-state index in [9.17, 15) is 9.59 Å². The number of nitrogens with zero attached hydrogens (tertiary/aromatic N) is 4. The predicted molar refractivity (Wildman–Crippen MR) is 92.5 cm³/mol. The number of anilines is 1. The van der Waals surface area contributed by atoms with E-state index in [1.807, 2.05) is 11.8 Å². The molecule has 1 N–H and O–H groups in total. The number of methoxy groups -OCH3 is 1. The van der Waals surface area contributed by atoms with Gasteiger partial charge in [0.15, 0.2) is 0 Å². The van der Waals surface area contributed by atoms with Crippen molar-refractivity contribution in [2.24, 2.45) is 5.41 Å². The number of piperazine rings is 1. The van der Waals surface area contributed by atoms with Gasteiger partial charge in [-0.3, -0.25) is 9.59 Å². The van der Waals surface area contributed by atoms with Gasteiger partial charge in [-0.15, -0.1) is 0 Å². The number of aromatic nitrogens is 2. The van der Waals surface area contributed by atoms with Crippen LogP contribution in [0.2, 0.25) is 0 Å². The topological polar surface area (TPSA) is 87.7 Å². The summed E-state index contributed by atoms with van der Waals surface area (Å²) < 4.78 is 5.20. The van der Waals surface area contributed by atoms with Crippen LogP contribution in [0.4, 0.5) is 5.95 Å². The van der Waals surface area contributed by atoms with E-state index < -0.39 is 5.41 Å². The molecular formula is C17H25N5O3. The summed E-state index contributed by atoms with van der Waals surface area (Å²) in [6.07, 6.45) is 2.21. The minimum atomic E-state index is -0.847. The number of hydrogen-bond acceptors (Lipinski definition) is 6. The Labute approximate surface area is 147 Å². The predicted octanol–water partition coefficient (Wildman–Crippen LogP) is 0.359. The second-order valence-corrected chi connectivity index (χ2v) is 6.65. The van der Waals surface area contributed by atoms with Crippen LogP contribution >= 0.6 is 0 Å². The van der Waals surface area contributed by atoms with Crippen molar-refractivity contribution in [2.45, 2.75) is 26.2 Å². The molecule has 25 heavy (non-hydrogen) atoms. The number of ether oxygens (including phenoxy) is 1. The van der Waals surface area contributed by atoms with Gasteiger partial charge in [-0.1, -0.05) is 6.42 Å². The van der Waals surface area contributed by atoms with Gasteiger partial charge in [-0.2, -0.15) is 4.98 Å². The van der Waals surface area contributed by atoms with Crippen molar-refractivity contribution in [2.75, 3.05) is 45.2 Å². The lowest BCUT2D eigenvalue weighted by Gasteiger charge is -2.44. The third-order valence-corrected chi connectivity index (χ3v) is 5.16. The number of aryl methyl sites for hydroxylation is 1. The molecule has 0 atom stereocenters. The van der Waals surface area contributed by atoms with Crippen molar-refractivity contribution in [1.29, 1.82) is 0 Å². The van der Waals surface area contributed by atoms with Crippen molar-refractivity contribution in [3.63, 3.8) is 0 Å². The van der Waals surface area contributed by atoms with Crippen LogP contribution in [0.1, 0.15) is 25.0 Å². The lowest BCUT2D eigenvalue weighted by atomic mass is 9.67. The first-order valence-electron chi connectivity index (χ1n) is 8.66. The standard InChI is InChI=1S/C17H25N5O3/c1-12-11-13(25-3)20-16(19-12)22-9-7-21(8-10-22)15(24)17(5-4-6-17)14(23)18-2/h11H,4-10H2,1-3H3,(H,18,23). The van der Waals surface area contributed by atoms with Gasteiger partial charge in [0.05, 0.1) is 7.11 Å². The van der Waals surface area contributed by atoms with Gasteiger partial charge in [-0.05, 0) is 19.8 Å². The maximum Gasteiger partial charge on any atom is 0.238 e. The van der Waals surface area contributed by atoms with Gasteiger partial charge in [0, 0.05) is 45.0 Å². The molecule has 2 heterocycles. The molecule has 1 aromatic rings. The molecule has 0 aromatic carbocycles. The SMILES string of the molecule is CNC(=O)C1(C(=O)N2CCN(c3nc(C)cc(OC)n3)CC2)CCC1. The minimum absolute atomic E-state index is 0.0412. The molecule has 1 saturated carbocycles. The fraction of sp³-hybridized carbons (Fsp3) is 0.647. The van der Waals surface area contributed by atoms with E-state index in [1.54, 1.807) is 25.1 Å². The highest BCUT2D eigenvalue weighted by atomic mass is 16.5. The Hall–Kier alpha value is -2.38. The normalized spacial score (nSPS) is 19.2. The minimum Gasteiger partial charge on any atom is -0.481 e. The van der Waals surface area contributed by atoms with Gasteiger partial charge >= 0.3 is 0 Å². The fourth-order valence-electron chi connectivity index (χ4n) is 3.49. The lowest BCUT2D eigenvalue weighted by molar-refractivity contribution is -0.157. The first kappa shape index (κ1) is 17.4. The number of carbonyl (C=O) groups excluding carboxylic acids is 2. The molecule has 2 amide bonds. The van der Waals surface area contributed by atoms with Crippen LogP contribution in [-0.2, 0) is 9.59 Å². The highest BCUT2D eigenvalue weighted by Crippen LogP contribution is 2.43. The molecule has 2 aliphatic rings. The summed E-state index contributed by atoms with van der Waals surface area (Å²) in [5.41, 5.74) is -0.00614. The molecule has 1 saturated heterocycles. The van der Waals surface area contributed by atoms with Crippen molar-refractivity contribution >= 4 is 17.8 Å². The molecule has 8 nitrogen and oxygen atoms in total. The third-order valence-electron chi connectivity index (χ3n) is 5.16. The monoisotopic (exact) mass is 347 g/mol. The molecule has 0 spiro atoms. The Balaban J connectivity index is 1.67. The Kier molecular flexibility index (Phi) is 4.78. The highest BCUT2D eigenvalue weighted by Gasteiger charge is 2.52. The van der Waals surface area contributed by atoms with Gasteiger partial charge in [0.2, 0.25) is 23.6 Å². The van der Waals surface area contributed by atoms with E-state index in [2.05, 4.69) is 15.3 Å². The summed E-state index contributed by atoms with van der Waals surface area (Å²) in [5.74, 6) is 0.959. The molecule has 1 aliphatic carbocycles. The molecular weight excluding hydrogens is 322 g/mol. The van der Waals surface area contributed by atoms with Crippen LogP contribution in [0.3, 0.4) is 0 Å². The summed E-state index contributed by atoms with van der Waals surface area (Å²) in [6, 6.07) is 1.78. The van der Waals surface area contributed by atoms with Crippen molar-refractivity contribution < 1.29 is 14.3 Å². The number of rotatable bonds is 4. The first-order chi connectivity index (χ1) is 12.0. The fourth-order valence-corrected chi connectivity index (χ4v) is 3.49. The van der Waals surface area contributed by atoms with Crippen LogP contribution < -0.4 is 15.0 Å². The van der Waals surface area contributed by atoms with Gasteiger partial charge < -0.3 is 19.9 Å². The zero-order chi connectivity index (χ0) is 18.0. The van der Waals surface area contributed by atoms with E-state index >= 15 is 0 Å². The van der Waals surface area contributed by atoms with Gasteiger partial charge in [0.1, 0.15) is 5.41 Å². The van der Waals surface area contributed by atoms with Crippen LogP contribution in [0, 0.1) is 12.3 Å². The Bertz CT molecular complexity index is 666. The second-order valence-electron chi connectivity index (χ2n) is 6.65.